The number of aromatic carboxylic acids is 4. The van der Waals surface area contributed by atoms with Gasteiger partial charge in [0, 0.05) is 17.1 Å². The smallest absolute Gasteiger partial charge is 0.336 e. The van der Waals surface area contributed by atoms with Crippen LogP contribution in [0.15, 0.2) is 60.7 Å². The molecule has 4 N–H and O–H groups in total. The van der Waals surface area contributed by atoms with Crippen molar-refractivity contribution in [1.82, 2.24) is 0 Å². The number of carboxylic acid groups (broad SMARTS) is 4. The van der Waals surface area contributed by atoms with Crippen molar-refractivity contribution < 1.29 is 39.6 Å². The van der Waals surface area contributed by atoms with Crippen LogP contribution in [0, 0.1) is 0 Å². The lowest BCUT2D eigenvalue weighted by molar-refractivity contribution is 0.0651. The summed E-state index contributed by atoms with van der Waals surface area (Å²) in [7, 11) is 0. The highest BCUT2D eigenvalue weighted by molar-refractivity contribution is 6.04. The molecule has 9 nitrogen and oxygen atoms in total. The van der Waals surface area contributed by atoms with E-state index in [0.717, 1.165) is 17.7 Å². The molecule has 3 aromatic carbocycles. The first-order chi connectivity index (χ1) is 16.3. The molecule has 0 amide bonds. The lowest BCUT2D eigenvalue weighted by atomic mass is 9.87. The molecule has 0 atom stereocenters. The summed E-state index contributed by atoms with van der Waals surface area (Å²) in [6.45, 7) is 6.11. The second-order valence-corrected chi connectivity index (χ2v) is 8.81. The molecule has 0 saturated heterocycles. The van der Waals surface area contributed by atoms with E-state index < -0.39 is 46.1 Å². The third-order valence-corrected chi connectivity index (χ3v) is 5.44. The summed E-state index contributed by atoms with van der Waals surface area (Å²) in [4.78, 5) is 48.1. The van der Waals surface area contributed by atoms with Crippen molar-refractivity contribution in [3.63, 3.8) is 0 Å². The minimum Gasteiger partial charge on any atom is -0.478 e. The Labute approximate surface area is 200 Å². The molecule has 0 aliphatic carbocycles. The molecule has 0 fully saturated rings. The van der Waals surface area contributed by atoms with Gasteiger partial charge < -0.3 is 25.3 Å². The highest BCUT2D eigenvalue weighted by Gasteiger charge is 2.23. The predicted molar refractivity (Wildman–Crippen MR) is 128 cm³/mol. The van der Waals surface area contributed by atoms with Crippen LogP contribution in [0.2, 0.25) is 0 Å². The zero-order chi connectivity index (χ0) is 26.1. The summed E-state index contributed by atoms with van der Waals surface area (Å²) in [5.41, 5.74) is 0.165. The average molecular weight is 477 g/mol. The van der Waals surface area contributed by atoms with E-state index in [4.69, 9.17) is 0 Å². The topological polar surface area (TPSA) is 152 Å². The number of rotatable bonds is 7. The van der Waals surface area contributed by atoms with Gasteiger partial charge >= 0.3 is 23.9 Å². The van der Waals surface area contributed by atoms with E-state index >= 15 is 0 Å². The molecule has 0 aliphatic heterocycles. The first kappa shape index (κ1) is 25.0. The molecule has 3 aromatic rings. The van der Waals surface area contributed by atoms with Crippen molar-refractivity contribution in [2.75, 3.05) is 4.90 Å². The molecule has 0 aromatic heterocycles. The van der Waals surface area contributed by atoms with Crippen LogP contribution in [0.1, 0.15) is 67.8 Å². The molecule has 0 aliphatic rings. The molecule has 0 saturated carbocycles. The number of anilines is 3. The molecule has 180 valence electrons. The summed E-state index contributed by atoms with van der Waals surface area (Å²) >= 11 is 0. The van der Waals surface area contributed by atoms with E-state index in [1.165, 1.54) is 29.2 Å². The lowest BCUT2D eigenvalue weighted by Crippen LogP contribution is -2.16. The summed E-state index contributed by atoms with van der Waals surface area (Å²) < 4.78 is 0. The summed E-state index contributed by atoms with van der Waals surface area (Å²) in [6.07, 6.45) is 0. The molecule has 3 rings (SSSR count). The Kier molecular flexibility index (Phi) is 6.63. The Hall–Kier alpha value is -4.66. The van der Waals surface area contributed by atoms with E-state index in [0.29, 0.717) is 5.69 Å². The van der Waals surface area contributed by atoms with Gasteiger partial charge in [-0.15, -0.1) is 0 Å². The van der Waals surface area contributed by atoms with Gasteiger partial charge in [0.1, 0.15) is 0 Å². The SMILES string of the molecule is CC(C)(C)c1ccc(N(c2ccc(C(=O)O)c(C(=O)O)c2)c2ccc(C(=O)O)c(C(=O)O)c2)cc1. The molecule has 9 heteroatoms. The van der Waals surface area contributed by atoms with Gasteiger partial charge in [0.2, 0.25) is 0 Å². The van der Waals surface area contributed by atoms with Crippen LogP contribution in [0.4, 0.5) is 17.1 Å². The van der Waals surface area contributed by atoms with E-state index in [1.807, 2.05) is 32.9 Å². The molecule has 35 heavy (non-hydrogen) atoms. The van der Waals surface area contributed by atoms with Crippen LogP contribution in [0.3, 0.4) is 0 Å². The van der Waals surface area contributed by atoms with E-state index in [9.17, 15) is 39.6 Å². The van der Waals surface area contributed by atoms with Crippen LogP contribution in [0.5, 0.6) is 0 Å². The first-order valence-corrected chi connectivity index (χ1v) is 10.4. The maximum absolute atomic E-state index is 11.8. The standard InChI is InChI=1S/C26H23NO8/c1-26(2,3)14-4-6-15(7-5-14)27(16-8-10-18(22(28)29)20(12-16)24(32)33)17-9-11-19(23(30)31)21(13-17)25(34)35/h4-13H,1-3H3,(H,28,29)(H,30,31)(H,32,33)(H,34,35). The molecule has 0 bridgehead atoms. The zero-order valence-corrected chi connectivity index (χ0v) is 19.1. The zero-order valence-electron chi connectivity index (χ0n) is 19.1. The number of hydrogen-bond acceptors (Lipinski definition) is 5. The van der Waals surface area contributed by atoms with Crippen molar-refractivity contribution in [2.24, 2.45) is 0 Å². The van der Waals surface area contributed by atoms with Gasteiger partial charge in [-0.1, -0.05) is 32.9 Å². The van der Waals surface area contributed by atoms with Crippen LogP contribution >= 0.6 is 0 Å². The van der Waals surface area contributed by atoms with Crippen molar-refractivity contribution in [2.45, 2.75) is 26.2 Å². The minimum absolute atomic E-state index is 0.150. The highest BCUT2D eigenvalue weighted by atomic mass is 16.4. The molecule has 0 unspecified atom stereocenters. The third-order valence-electron chi connectivity index (χ3n) is 5.44. The van der Waals surface area contributed by atoms with Crippen molar-refractivity contribution in [3.8, 4) is 0 Å². The molecular formula is C26H23NO8. The lowest BCUT2D eigenvalue weighted by Gasteiger charge is -2.27. The Morgan fingerprint density at radius 3 is 1.20 bits per heavy atom. The van der Waals surface area contributed by atoms with Gasteiger partial charge in [0.25, 0.3) is 0 Å². The maximum Gasteiger partial charge on any atom is 0.336 e. The second-order valence-electron chi connectivity index (χ2n) is 8.81. The molecule has 0 spiro atoms. The van der Waals surface area contributed by atoms with Gasteiger partial charge in [-0.2, -0.15) is 0 Å². The Morgan fingerprint density at radius 2 is 0.886 bits per heavy atom. The monoisotopic (exact) mass is 477 g/mol. The van der Waals surface area contributed by atoms with Crippen LogP contribution in [0.25, 0.3) is 0 Å². The summed E-state index contributed by atoms with van der Waals surface area (Å²) in [6, 6.07) is 14.7. The summed E-state index contributed by atoms with van der Waals surface area (Å²) in [5.74, 6) is -5.71. The number of carbonyl (C=O) groups is 4. The minimum atomic E-state index is -1.44. The van der Waals surface area contributed by atoms with Gasteiger partial charge in [-0.25, -0.2) is 19.2 Å². The number of benzene rings is 3. The fourth-order valence-electron chi connectivity index (χ4n) is 3.63. The van der Waals surface area contributed by atoms with Gasteiger partial charge in [-0.05, 0) is 59.5 Å². The molecule has 0 radical (unpaired) electrons. The Balaban J connectivity index is 2.29. The fraction of sp³-hybridized carbons (Fsp3) is 0.154. The van der Waals surface area contributed by atoms with Crippen LogP contribution < -0.4 is 4.90 Å². The van der Waals surface area contributed by atoms with Gasteiger partial charge in [-0.3, -0.25) is 0 Å². The molecular weight excluding hydrogens is 454 g/mol. The normalized spacial score (nSPS) is 11.1. The first-order valence-electron chi connectivity index (χ1n) is 10.4. The Morgan fingerprint density at radius 1 is 0.543 bits per heavy atom. The van der Waals surface area contributed by atoms with Crippen molar-refractivity contribution in [1.29, 1.82) is 0 Å². The Bertz CT molecular complexity index is 1260. The van der Waals surface area contributed by atoms with Gasteiger partial charge in [0.05, 0.1) is 22.3 Å². The maximum atomic E-state index is 11.8. The number of carboxylic acids is 4. The van der Waals surface area contributed by atoms with E-state index in [2.05, 4.69) is 0 Å². The third kappa shape index (κ3) is 5.14. The van der Waals surface area contributed by atoms with E-state index in [1.54, 1.807) is 12.1 Å². The molecule has 0 heterocycles. The number of nitrogens with zero attached hydrogens (tertiary/aromatic N) is 1. The number of hydrogen-bond donors (Lipinski definition) is 4. The van der Waals surface area contributed by atoms with Crippen LogP contribution in [-0.2, 0) is 5.41 Å². The second kappa shape index (κ2) is 9.30. The average Bonchev–Trinajstić information content (AvgIpc) is 2.78. The predicted octanol–water partition coefficient (Wildman–Crippen LogP) is 5.25. The quantitative estimate of drug-likeness (QED) is 0.357. The van der Waals surface area contributed by atoms with Crippen molar-refractivity contribution in [3.05, 3.63) is 88.5 Å². The van der Waals surface area contributed by atoms with Crippen molar-refractivity contribution >= 4 is 40.9 Å². The van der Waals surface area contributed by atoms with Gasteiger partial charge in [0.15, 0.2) is 0 Å². The summed E-state index contributed by atoms with van der Waals surface area (Å²) in [5, 5.41) is 37.9. The van der Waals surface area contributed by atoms with Crippen LogP contribution in [-0.4, -0.2) is 44.3 Å². The fourth-order valence-corrected chi connectivity index (χ4v) is 3.63. The highest BCUT2D eigenvalue weighted by Crippen LogP contribution is 2.37. The largest absolute Gasteiger partial charge is 0.478 e. The van der Waals surface area contributed by atoms with E-state index in [-0.39, 0.29) is 16.8 Å².